The Morgan fingerprint density at radius 3 is 2.61 bits per heavy atom. The van der Waals surface area contributed by atoms with Gasteiger partial charge in [-0.25, -0.2) is 4.39 Å². The van der Waals surface area contributed by atoms with Gasteiger partial charge in [0.2, 0.25) is 0 Å². The van der Waals surface area contributed by atoms with Gasteiger partial charge in [0.1, 0.15) is 0 Å². The number of methoxy groups -OCH3 is 1. The Balaban J connectivity index is 2.58. The van der Waals surface area contributed by atoms with Crippen LogP contribution in [-0.4, -0.2) is 19.7 Å². The summed E-state index contributed by atoms with van der Waals surface area (Å²) >= 11 is 0. The Morgan fingerprint density at radius 1 is 1.33 bits per heavy atom. The zero-order chi connectivity index (χ0) is 13.5. The van der Waals surface area contributed by atoms with Gasteiger partial charge in [0.05, 0.1) is 7.11 Å². The third-order valence-electron chi connectivity index (χ3n) is 3.34. The van der Waals surface area contributed by atoms with Crippen molar-refractivity contribution in [3.05, 3.63) is 29.6 Å². The van der Waals surface area contributed by atoms with Crippen molar-refractivity contribution in [1.82, 2.24) is 5.32 Å². The maximum Gasteiger partial charge on any atom is 0.165 e. The molecule has 0 aromatic heterocycles. The summed E-state index contributed by atoms with van der Waals surface area (Å²) in [7, 11) is 1.48. The van der Waals surface area contributed by atoms with E-state index in [1.807, 2.05) is 6.07 Å². The molecule has 0 aliphatic rings. The fourth-order valence-electron chi connectivity index (χ4n) is 1.96. The predicted molar refractivity (Wildman–Crippen MR) is 73.6 cm³/mol. The van der Waals surface area contributed by atoms with Gasteiger partial charge in [0.15, 0.2) is 11.6 Å². The Morgan fingerprint density at radius 2 is 2.06 bits per heavy atom. The number of benzene rings is 1. The zero-order valence-corrected chi connectivity index (χ0v) is 11.8. The van der Waals surface area contributed by atoms with Crippen molar-refractivity contribution in [2.75, 3.05) is 13.7 Å². The maximum absolute atomic E-state index is 13.6. The van der Waals surface area contributed by atoms with Crippen molar-refractivity contribution < 1.29 is 9.13 Å². The number of hydrogen-bond acceptors (Lipinski definition) is 2. The molecule has 0 heterocycles. The first-order chi connectivity index (χ1) is 8.58. The van der Waals surface area contributed by atoms with Gasteiger partial charge in [0, 0.05) is 6.04 Å². The van der Waals surface area contributed by atoms with Gasteiger partial charge >= 0.3 is 0 Å². The van der Waals surface area contributed by atoms with Crippen LogP contribution in [0.1, 0.15) is 32.8 Å². The molecule has 0 spiro atoms. The van der Waals surface area contributed by atoms with E-state index in [-0.39, 0.29) is 5.82 Å². The Bertz CT molecular complexity index is 368. The van der Waals surface area contributed by atoms with Crippen LogP contribution in [0, 0.1) is 11.7 Å². The molecule has 2 nitrogen and oxygen atoms in total. The molecule has 0 radical (unpaired) electrons. The number of halogens is 1. The molecule has 2 unspecified atom stereocenters. The van der Waals surface area contributed by atoms with E-state index in [4.69, 9.17) is 4.74 Å². The number of rotatable bonds is 7. The highest BCUT2D eigenvalue weighted by molar-refractivity contribution is 5.29. The van der Waals surface area contributed by atoms with Crippen molar-refractivity contribution >= 4 is 0 Å². The van der Waals surface area contributed by atoms with Crippen LogP contribution in [0.5, 0.6) is 5.75 Å². The normalized spacial score (nSPS) is 14.3. The number of hydrogen-bond donors (Lipinski definition) is 1. The Kier molecular flexibility index (Phi) is 6.13. The van der Waals surface area contributed by atoms with Gasteiger partial charge in [-0.1, -0.05) is 19.9 Å². The molecule has 102 valence electrons. The molecule has 2 atom stereocenters. The van der Waals surface area contributed by atoms with E-state index >= 15 is 0 Å². The second kappa shape index (κ2) is 7.37. The summed E-state index contributed by atoms with van der Waals surface area (Å²) in [4.78, 5) is 0. The van der Waals surface area contributed by atoms with Crippen LogP contribution in [0.3, 0.4) is 0 Å². The molecule has 0 saturated carbocycles. The van der Waals surface area contributed by atoms with Gasteiger partial charge < -0.3 is 10.1 Å². The summed E-state index contributed by atoms with van der Waals surface area (Å²) in [5, 5.41) is 3.47. The second-order valence-electron chi connectivity index (χ2n) is 4.89. The minimum absolute atomic E-state index is 0.281. The lowest BCUT2D eigenvalue weighted by molar-refractivity contribution is 0.383. The molecule has 18 heavy (non-hydrogen) atoms. The highest BCUT2D eigenvalue weighted by Gasteiger charge is 2.13. The van der Waals surface area contributed by atoms with Gasteiger partial charge in [-0.3, -0.25) is 0 Å². The summed E-state index contributed by atoms with van der Waals surface area (Å²) in [5.41, 5.74) is 1.02. The second-order valence-corrected chi connectivity index (χ2v) is 4.89. The molecular weight excluding hydrogens is 229 g/mol. The average Bonchev–Trinajstić information content (AvgIpc) is 2.36. The molecule has 0 aliphatic heterocycles. The molecule has 0 saturated heterocycles. The summed E-state index contributed by atoms with van der Waals surface area (Å²) < 4.78 is 18.5. The van der Waals surface area contributed by atoms with E-state index in [1.165, 1.54) is 7.11 Å². The topological polar surface area (TPSA) is 21.3 Å². The van der Waals surface area contributed by atoms with Crippen molar-refractivity contribution in [1.29, 1.82) is 0 Å². The minimum atomic E-state index is -0.281. The van der Waals surface area contributed by atoms with Gasteiger partial charge in [-0.2, -0.15) is 0 Å². The number of nitrogens with one attached hydrogen (secondary N) is 1. The van der Waals surface area contributed by atoms with Crippen LogP contribution in [-0.2, 0) is 6.42 Å². The molecular formula is C15H24FNO. The van der Waals surface area contributed by atoms with Crippen molar-refractivity contribution in [2.24, 2.45) is 5.92 Å². The maximum atomic E-state index is 13.6. The molecule has 0 bridgehead atoms. The predicted octanol–water partition coefficient (Wildman–Crippen LogP) is 3.40. The van der Waals surface area contributed by atoms with Crippen LogP contribution >= 0.6 is 0 Å². The molecule has 0 aliphatic carbocycles. The van der Waals surface area contributed by atoms with Crippen LogP contribution in [0.2, 0.25) is 0 Å². The highest BCUT2D eigenvalue weighted by Crippen LogP contribution is 2.20. The third-order valence-corrected chi connectivity index (χ3v) is 3.34. The zero-order valence-electron chi connectivity index (χ0n) is 11.8. The summed E-state index contributed by atoms with van der Waals surface area (Å²) in [5.74, 6) is 0.504. The fourth-order valence-corrected chi connectivity index (χ4v) is 1.96. The smallest absolute Gasteiger partial charge is 0.165 e. The summed E-state index contributed by atoms with van der Waals surface area (Å²) in [6, 6.07) is 5.64. The van der Waals surface area contributed by atoms with E-state index < -0.39 is 0 Å². The van der Waals surface area contributed by atoms with E-state index in [0.717, 1.165) is 24.9 Å². The first kappa shape index (κ1) is 15.0. The lowest BCUT2D eigenvalue weighted by atomic mass is 9.95. The van der Waals surface area contributed by atoms with Gasteiger partial charge in [-0.15, -0.1) is 0 Å². The average molecular weight is 253 g/mol. The molecule has 1 aromatic carbocycles. The quantitative estimate of drug-likeness (QED) is 0.804. The van der Waals surface area contributed by atoms with E-state index in [9.17, 15) is 4.39 Å². The monoisotopic (exact) mass is 253 g/mol. The third kappa shape index (κ3) is 4.30. The molecule has 1 aromatic rings. The van der Waals surface area contributed by atoms with Crippen molar-refractivity contribution in [3.63, 3.8) is 0 Å². The van der Waals surface area contributed by atoms with Crippen molar-refractivity contribution in [3.8, 4) is 5.75 Å². The van der Waals surface area contributed by atoms with E-state index in [1.54, 1.807) is 12.1 Å². The van der Waals surface area contributed by atoms with Gasteiger partial charge in [0.25, 0.3) is 0 Å². The first-order valence-electron chi connectivity index (χ1n) is 6.64. The van der Waals surface area contributed by atoms with Crippen LogP contribution in [0.25, 0.3) is 0 Å². The van der Waals surface area contributed by atoms with Crippen LogP contribution in [0.15, 0.2) is 18.2 Å². The van der Waals surface area contributed by atoms with Crippen LogP contribution in [0.4, 0.5) is 4.39 Å². The molecule has 3 heteroatoms. The Labute approximate surface area is 110 Å². The molecule has 0 fully saturated rings. The SMILES string of the molecule is CCCNC(C)C(C)Cc1ccc(OC)c(F)c1. The van der Waals surface area contributed by atoms with Crippen LogP contribution < -0.4 is 10.1 Å². The van der Waals surface area contributed by atoms with Crippen molar-refractivity contribution in [2.45, 2.75) is 39.7 Å². The molecule has 1 N–H and O–H groups in total. The standard InChI is InChI=1S/C15H24FNO/c1-5-8-17-12(3)11(2)9-13-6-7-15(18-4)14(16)10-13/h6-7,10-12,17H,5,8-9H2,1-4H3. The first-order valence-corrected chi connectivity index (χ1v) is 6.64. The minimum Gasteiger partial charge on any atom is -0.494 e. The fraction of sp³-hybridized carbons (Fsp3) is 0.600. The summed E-state index contributed by atoms with van der Waals surface area (Å²) in [6.45, 7) is 7.56. The lowest BCUT2D eigenvalue weighted by Crippen LogP contribution is -2.33. The summed E-state index contributed by atoms with van der Waals surface area (Å²) in [6.07, 6.45) is 2.01. The van der Waals surface area contributed by atoms with E-state index in [2.05, 4.69) is 26.1 Å². The highest BCUT2D eigenvalue weighted by atomic mass is 19.1. The molecule has 1 rings (SSSR count). The lowest BCUT2D eigenvalue weighted by Gasteiger charge is -2.21. The van der Waals surface area contributed by atoms with Gasteiger partial charge in [-0.05, 0) is 49.9 Å². The Hall–Kier alpha value is -1.09. The van der Waals surface area contributed by atoms with E-state index in [0.29, 0.717) is 17.7 Å². The number of ether oxygens (including phenoxy) is 1. The largest absolute Gasteiger partial charge is 0.494 e. The molecule has 0 amide bonds.